The number of benzene rings is 1. The summed E-state index contributed by atoms with van der Waals surface area (Å²) < 4.78 is 0. The van der Waals surface area contributed by atoms with Crippen molar-refractivity contribution in [2.45, 2.75) is 32.1 Å². The van der Waals surface area contributed by atoms with E-state index < -0.39 is 0 Å². The third-order valence-corrected chi connectivity index (χ3v) is 4.90. The highest BCUT2D eigenvalue weighted by Gasteiger charge is 2.25. The van der Waals surface area contributed by atoms with Crippen LogP contribution in [0, 0.1) is 11.8 Å². The molecule has 0 bridgehead atoms. The Hall–Kier alpha value is -0.740. The standard InChI is InChI=1S/C16H24N2S2/c1-4-20-14-7-5-6-13(15(14)16(17)19)18-9-11(2)8-12(3)10-18/h5-7,11-12H,4,8-10H2,1-3H3,(H2,17,19). The first-order valence-corrected chi connectivity index (χ1v) is 8.72. The maximum Gasteiger partial charge on any atom is 0.107 e. The average molecular weight is 309 g/mol. The number of nitrogens with zero attached hydrogens (tertiary/aromatic N) is 1. The fourth-order valence-corrected chi connectivity index (χ4v) is 4.29. The number of thioether (sulfide) groups is 1. The summed E-state index contributed by atoms with van der Waals surface area (Å²) in [5.41, 5.74) is 8.30. The lowest BCUT2D eigenvalue weighted by molar-refractivity contribution is 0.357. The van der Waals surface area contributed by atoms with E-state index in [1.165, 1.54) is 17.0 Å². The van der Waals surface area contributed by atoms with Crippen molar-refractivity contribution in [2.24, 2.45) is 17.6 Å². The molecule has 2 atom stereocenters. The summed E-state index contributed by atoms with van der Waals surface area (Å²) in [6.07, 6.45) is 1.31. The van der Waals surface area contributed by atoms with Gasteiger partial charge in [0.1, 0.15) is 4.99 Å². The van der Waals surface area contributed by atoms with Crippen molar-refractivity contribution in [1.29, 1.82) is 0 Å². The van der Waals surface area contributed by atoms with E-state index in [4.69, 9.17) is 18.0 Å². The van der Waals surface area contributed by atoms with E-state index in [-0.39, 0.29) is 0 Å². The van der Waals surface area contributed by atoms with Crippen LogP contribution in [-0.2, 0) is 0 Å². The Morgan fingerprint density at radius 1 is 1.35 bits per heavy atom. The van der Waals surface area contributed by atoms with E-state index in [0.717, 1.165) is 36.2 Å². The Kier molecular flexibility index (Phi) is 5.33. The first kappa shape index (κ1) is 15.6. The summed E-state index contributed by atoms with van der Waals surface area (Å²) >= 11 is 7.13. The van der Waals surface area contributed by atoms with Crippen LogP contribution in [0.25, 0.3) is 0 Å². The van der Waals surface area contributed by atoms with E-state index in [9.17, 15) is 0 Å². The number of nitrogens with two attached hydrogens (primary N) is 1. The van der Waals surface area contributed by atoms with Crippen LogP contribution in [0.3, 0.4) is 0 Å². The predicted octanol–water partition coefficient (Wildman–Crippen LogP) is 3.92. The van der Waals surface area contributed by atoms with Crippen molar-refractivity contribution in [3.63, 3.8) is 0 Å². The van der Waals surface area contributed by atoms with E-state index in [0.29, 0.717) is 4.99 Å². The van der Waals surface area contributed by atoms with Gasteiger partial charge in [0.05, 0.1) is 0 Å². The van der Waals surface area contributed by atoms with Crippen molar-refractivity contribution < 1.29 is 0 Å². The lowest BCUT2D eigenvalue weighted by atomic mass is 9.91. The third kappa shape index (κ3) is 3.47. The largest absolute Gasteiger partial charge is 0.389 e. The van der Waals surface area contributed by atoms with Crippen molar-refractivity contribution in [2.75, 3.05) is 23.7 Å². The summed E-state index contributed by atoms with van der Waals surface area (Å²) in [5.74, 6) is 2.48. The molecule has 1 aliphatic rings. The third-order valence-electron chi connectivity index (χ3n) is 3.76. The topological polar surface area (TPSA) is 29.3 Å². The normalized spacial score (nSPS) is 22.9. The first-order chi connectivity index (χ1) is 9.52. The van der Waals surface area contributed by atoms with Gasteiger partial charge in [-0.05, 0) is 36.1 Å². The number of hydrogen-bond acceptors (Lipinski definition) is 3. The lowest BCUT2D eigenvalue weighted by Crippen LogP contribution is -2.39. The van der Waals surface area contributed by atoms with Crippen LogP contribution in [0.2, 0.25) is 0 Å². The fourth-order valence-electron chi connectivity index (χ4n) is 3.17. The second-order valence-electron chi connectivity index (χ2n) is 5.80. The molecule has 2 unspecified atom stereocenters. The number of thiocarbonyl (C=S) groups is 1. The molecule has 0 spiro atoms. The molecule has 1 fully saturated rings. The molecule has 110 valence electrons. The summed E-state index contributed by atoms with van der Waals surface area (Å²) in [5, 5.41) is 0. The zero-order valence-electron chi connectivity index (χ0n) is 12.6. The molecule has 0 saturated carbocycles. The van der Waals surface area contributed by atoms with E-state index in [1.54, 1.807) is 0 Å². The highest BCUT2D eigenvalue weighted by atomic mass is 32.2. The van der Waals surface area contributed by atoms with Gasteiger partial charge in [-0.25, -0.2) is 0 Å². The van der Waals surface area contributed by atoms with Crippen LogP contribution in [0.1, 0.15) is 32.8 Å². The quantitative estimate of drug-likeness (QED) is 0.674. The summed E-state index contributed by atoms with van der Waals surface area (Å²) in [6.45, 7) is 9.01. The number of rotatable bonds is 4. The Labute approximate surface area is 132 Å². The molecule has 1 saturated heterocycles. The summed E-state index contributed by atoms with van der Waals surface area (Å²) in [7, 11) is 0. The van der Waals surface area contributed by atoms with Crippen LogP contribution in [0.5, 0.6) is 0 Å². The molecular weight excluding hydrogens is 284 g/mol. The van der Waals surface area contributed by atoms with Gasteiger partial charge in [-0.3, -0.25) is 0 Å². The van der Waals surface area contributed by atoms with Gasteiger partial charge in [0, 0.05) is 29.2 Å². The highest BCUT2D eigenvalue weighted by molar-refractivity contribution is 7.99. The van der Waals surface area contributed by atoms with Crippen LogP contribution in [0.15, 0.2) is 23.1 Å². The van der Waals surface area contributed by atoms with Gasteiger partial charge in [-0.15, -0.1) is 11.8 Å². The first-order valence-electron chi connectivity index (χ1n) is 7.33. The molecule has 1 heterocycles. The zero-order chi connectivity index (χ0) is 14.7. The van der Waals surface area contributed by atoms with Crippen LogP contribution < -0.4 is 10.6 Å². The van der Waals surface area contributed by atoms with Gasteiger partial charge in [0.25, 0.3) is 0 Å². The monoisotopic (exact) mass is 308 g/mol. The van der Waals surface area contributed by atoms with Gasteiger partial charge in [-0.1, -0.05) is 39.1 Å². The molecule has 4 heteroatoms. The van der Waals surface area contributed by atoms with E-state index >= 15 is 0 Å². The smallest absolute Gasteiger partial charge is 0.107 e. The Morgan fingerprint density at radius 2 is 2.00 bits per heavy atom. The van der Waals surface area contributed by atoms with Crippen LogP contribution in [0.4, 0.5) is 5.69 Å². The molecular formula is C16H24N2S2. The van der Waals surface area contributed by atoms with E-state index in [1.807, 2.05) is 11.8 Å². The molecule has 1 aliphatic heterocycles. The molecule has 2 nitrogen and oxygen atoms in total. The number of anilines is 1. The minimum absolute atomic E-state index is 0.516. The second kappa shape index (κ2) is 6.81. The number of hydrogen-bond donors (Lipinski definition) is 1. The Bertz CT molecular complexity index is 477. The van der Waals surface area contributed by atoms with Gasteiger partial charge in [0.15, 0.2) is 0 Å². The maximum absolute atomic E-state index is 6.01. The van der Waals surface area contributed by atoms with Crippen molar-refractivity contribution in [3.8, 4) is 0 Å². The molecule has 0 radical (unpaired) electrons. The molecule has 2 rings (SSSR count). The van der Waals surface area contributed by atoms with Gasteiger partial charge < -0.3 is 10.6 Å². The molecule has 0 aromatic heterocycles. The maximum atomic E-state index is 6.01. The number of piperidine rings is 1. The van der Waals surface area contributed by atoms with E-state index in [2.05, 4.69) is 43.9 Å². The van der Waals surface area contributed by atoms with Crippen LogP contribution >= 0.6 is 24.0 Å². The molecule has 1 aromatic carbocycles. The van der Waals surface area contributed by atoms with Crippen molar-refractivity contribution in [1.82, 2.24) is 0 Å². The Balaban J connectivity index is 2.39. The zero-order valence-corrected chi connectivity index (χ0v) is 14.2. The SMILES string of the molecule is CCSc1cccc(N2CC(C)CC(C)C2)c1C(N)=S. The minimum Gasteiger partial charge on any atom is -0.389 e. The molecule has 0 aliphatic carbocycles. The van der Waals surface area contributed by atoms with Crippen molar-refractivity contribution in [3.05, 3.63) is 23.8 Å². The van der Waals surface area contributed by atoms with Crippen LogP contribution in [-0.4, -0.2) is 23.8 Å². The Morgan fingerprint density at radius 3 is 2.55 bits per heavy atom. The fraction of sp³-hybridized carbons (Fsp3) is 0.562. The predicted molar refractivity (Wildman–Crippen MR) is 93.9 cm³/mol. The molecule has 0 amide bonds. The highest BCUT2D eigenvalue weighted by Crippen LogP contribution is 2.34. The summed E-state index contributed by atoms with van der Waals surface area (Å²) in [6, 6.07) is 6.42. The van der Waals surface area contributed by atoms with Gasteiger partial charge in [-0.2, -0.15) is 0 Å². The minimum atomic E-state index is 0.516. The molecule has 2 N–H and O–H groups in total. The van der Waals surface area contributed by atoms with Crippen molar-refractivity contribution >= 4 is 34.7 Å². The molecule has 1 aromatic rings. The second-order valence-corrected chi connectivity index (χ2v) is 7.54. The average Bonchev–Trinajstić information content (AvgIpc) is 2.37. The van der Waals surface area contributed by atoms with Gasteiger partial charge >= 0.3 is 0 Å². The lowest BCUT2D eigenvalue weighted by Gasteiger charge is -2.37. The summed E-state index contributed by atoms with van der Waals surface area (Å²) in [4.78, 5) is 4.19. The molecule has 20 heavy (non-hydrogen) atoms. The van der Waals surface area contributed by atoms with Gasteiger partial charge in [0.2, 0.25) is 0 Å².